The van der Waals surface area contributed by atoms with Crippen molar-refractivity contribution < 1.29 is 14.3 Å². The molecule has 7 heteroatoms. The van der Waals surface area contributed by atoms with Gasteiger partial charge < -0.3 is 9.47 Å². The minimum Gasteiger partial charge on any atom is -0.497 e. The van der Waals surface area contributed by atoms with E-state index in [9.17, 15) is 4.79 Å². The summed E-state index contributed by atoms with van der Waals surface area (Å²) in [5.41, 5.74) is 2.53. The highest BCUT2D eigenvalue weighted by molar-refractivity contribution is 5.97. The van der Waals surface area contributed by atoms with Crippen LogP contribution in [0.1, 0.15) is 11.3 Å². The normalized spacial score (nSPS) is 13.3. The summed E-state index contributed by atoms with van der Waals surface area (Å²) < 4.78 is 12.5. The lowest BCUT2D eigenvalue weighted by atomic mass is 10.2. The third-order valence-corrected chi connectivity index (χ3v) is 4.20. The van der Waals surface area contributed by atoms with E-state index in [1.165, 1.54) is 0 Å². The van der Waals surface area contributed by atoms with Crippen LogP contribution in [0, 0.1) is 0 Å². The molecular weight excluding hydrogens is 332 g/mol. The first-order chi connectivity index (χ1) is 12.7. The first-order valence-electron chi connectivity index (χ1n) is 8.27. The molecule has 1 aliphatic heterocycles. The molecule has 26 heavy (non-hydrogen) atoms. The second-order valence-electron chi connectivity index (χ2n) is 6.00. The van der Waals surface area contributed by atoms with Crippen LogP contribution in [0.15, 0.2) is 54.7 Å². The summed E-state index contributed by atoms with van der Waals surface area (Å²) in [4.78, 5) is 14.0. The van der Waals surface area contributed by atoms with E-state index in [1.54, 1.807) is 28.8 Å². The zero-order valence-corrected chi connectivity index (χ0v) is 14.3. The smallest absolute Gasteiger partial charge is 0.265 e. The van der Waals surface area contributed by atoms with Crippen LogP contribution in [0.5, 0.6) is 11.5 Å². The van der Waals surface area contributed by atoms with E-state index in [-0.39, 0.29) is 12.5 Å². The first kappa shape index (κ1) is 16.1. The Morgan fingerprint density at radius 1 is 1.15 bits per heavy atom. The van der Waals surface area contributed by atoms with Gasteiger partial charge in [-0.15, -0.1) is 5.10 Å². The van der Waals surface area contributed by atoms with Crippen LogP contribution in [0.25, 0.3) is 0 Å². The van der Waals surface area contributed by atoms with Crippen molar-refractivity contribution in [1.82, 2.24) is 15.0 Å². The van der Waals surface area contributed by atoms with E-state index in [0.717, 1.165) is 5.56 Å². The van der Waals surface area contributed by atoms with E-state index < -0.39 is 0 Å². The number of aromatic nitrogens is 3. The molecule has 0 N–H and O–H groups in total. The summed E-state index contributed by atoms with van der Waals surface area (Å²) in [5.74, 6) is 1.20. The summed E-state index contributed by atoms with van der Waals surface area (Å²) in [6.45, 7) is 0.976. The van der Waals surface area contributed by atoms with Gasteiger partial charge in [0.2, 0.25) is 0 Å². The highest BCUT2D eigenvalue weighted by Crippen LogP contribution is 2.35. The fourth-order valence-electron chi connectivity index (χ4n) is 2.90. The van der Waals surface area contributed by atoms with E-state index in [2.05, 4.69) is 10.3 Å². The Labute approximate surface area is 150 Å². The third-order valence-electron chi connectivity index (χ3n) is 4.20. The van der Waals surface area contributed by atoms with Crippen LogP contribution in [-0.2, 0) is 17.9 Å². The molecule has 2 aromatic carbocycles. The minimum atomic E-state index is -0.122. The molecule has 7 nitrogen and oxygen atoms in total. The molecular formula is C19H18N4O3. The van der Waals surface area contributed by atoms with Crippen molar-refractivity contribution in [3.05, 3.63) is 66.0 Å². The Bertz CT molecular complexity index is 924. The molecule has 0 saturated carbocycles. The maximum absolute atomic E-state index is 12.4. The lowest BCUT2D eigenvalue weighted by Crippen LogP contribution is -2.38. The Kier molecular flexibility index (Phi) is 4.27. The molecule has 0 bridgehead atoms. The Balaban J connectivity index is 1.55. The molecule has 132 valence electrons. The van der Waals surface area contributed by atoms with Crippen molar-refractivity contribution in [2.45, 2.75) is 13.1 Å². The van der Waals surface area contributed by atoms with Crippen LogP contribution in [0.4, 0.5) is 5.69 Å². The predicted molar refractivity (Wildman–Crippen MR) is 95.2 cm³/mol. The number of nitrogens with zero attached hydrogens (tertiary/aromatic N) is 4. The largest absolute Gasteiger partial charge is 0.497 e. The van der Waals surface area contributed by atoms with Crippen molar-refractivity contribution in [2.75, 3.05) is 18.6 Å². The average molecular weight is 350 g/mol. The highest BCUT2D eigenvalue weighted by Gasteiger charge is 2.27. The van der Waals surface area contributed by atoms with Gasteiger partial charge in [-0.3, -0.25) is 9.69 Å². The van der Waals surface area contributed by atoms with E-state index in [0.29, 0.717) is 36.0 Å². The highest BCUT2D eigenvalue weighted by atomic mass is 16.5. The quantitative estimate of drug-likeness (QED) is 0.706. The number of hydrogen-bond donors (Lipinski definition) is 0. The molecule has 2 heterocycles. The zero-order valence-electron chi connectivity index (χ0n) is 14.3. The molecule has 0 radical (unpaired) electrons. The lowest BCUT2D eigenvalue weighted by molar-refractivity contribution is -0.121. The second kappa shape index (κ2) is 6.87. The molecule has 0 atom stereocenters. The molecule has 4 rings (SSSR count). The molecule has 1 aromatic heterocycles. The van der Waals surface area contributed by atoms with Gasteiger partial charge in [0.25, 0.3) is 5.91 Å². The zero-order chi connectivity index (χ0) is 17.9. The van der Waals surface area contributed by atoms with Crippen molar-refractivity contribution in [1.29, 1.82) is 0 Å². The number of hydrogen-bond acceptors (Lipinski definition) is 5. The first-order valence-corrected chi connectivity index (χ1v) is 8.27. The Morgan fingerprint density at radius 2 is 2.00 bits per heavy atom. The van der Waals surface area contributed by atoms with Crippen LogP contribution in [-0.4, -0.2) is 34.6 Å². The molecule has 1 amide bonds. The van der Waals surface area contributed by atoms with Crippen molar-refractivity contribution in [3.8, 4) is 11.5 Å². The maximum Gasteiger partial charge on any atom is 0.265 e. The summed E-state index contributed by atoms with van der Waals surface area (Å²) >= 11 is 0. The number of ether oxygens (including phenoxy) is 2. The topological polar surface area (TPSA) is 69.5 Å². The van der Waals surface area contributed by atoms with Gasteiger partial charge in [0, 0.05) is 6.07 Å². The summed E-state index contributed by atoms with van der Waals surface area (Å²) in [5, 5.41) is 8.37. The average Bonchev–Trinajstić information content (AvgIpc) is 3.11. The number of carbonyl (C=O) groups excluding carboxylic acids is 1. The summed E-state index contributed by atoms with van der Waals surface area (Å²) in [6, 6.07) is 15.4. The molecule has 3 aromatic rings. The Hall–Kier alpha value is -3.35. The van der Waals surface area contributed by atoms with E-state index >= 15 is 0 Å². The number of amides is 1. The fourth-order valence-corrected chi connectivity index (χ4v) is 2.90. The van der Waals surface area contributed by atoms with Crippen LogP contribution >= 0.6 is 0 Å². The Morgan fingerprint density at radius 3 is 2.81 bits per heavy atom. The number of methoxy groups -OCH3 is 1. The van der Waals surface area contributed by atoms with Gasteiger partial charge >= 0.3 is 0 Å². The van der Waals surface area contributed by atoms with Crippen LogP contribution in [0.3, 0.4) is 0 Å². The third kappa shape index (κ3) is 3.23. The van der Waals surface area contributed by atoms with Gasteiger partial charge in [-0.2, -0.15) is 0 Å². The number of benzene rings is 2. The van der Waals surface area contributed by atoms with Crippen LogP contribution < -0.4 is 14.4 Å². The number of carbonyl (C=O) groups is 1. The van der Waals surface area contributed by atoms with Crippen molar-refractivity contribution >= 4 is 11.6 Å². The van der Waals surface area contributed by atoms with Crippen LogP contribution in [0.2, 0.25) is 0 Å². The second-order valence-corrected chi connectivity index (χ2v) is 6.00. The van der Waals surface area contributed by atoms with Gasteiger partial charge in [0.15, 0.2) is 6.61 Å². The molecule has 0 fully saturated rings. The summed E-state index contributed by atoms with van der Waals surface area (Å²) in [6.07, 6.45) is 1.86. The number of fused-ring (bicyclic) bond motifs is 1. The number of anilines is 1. The summed E-state index contributed by atoms with van der Waals surface area (Å²) in [7, 11) is 1.59. The van der Waals surface area contributed by atoms with E-state index in [4.69, 9.17) is 9.47 Å². The van der Waals surface area contributed by atoms with Gasteiger partial charge in [-0.1, -0.05) is 35.5 Å². The van der Waals surface area contributed by atoms with Gasteiger partial charge in [-0.05, 0) is 17.7 Å². The van der Waals surface area contributed by atoms with Gasteiger partial charge in [-0.25, -0.2) is 4.68 Å². The molecule has 0 spiro atoms. The SMILES string of the molecule is COc1ccc2c(c1)N(Cc1cn(Cc3ccccc3)nn1)C(=O)CO2. The fraction of sp³-hybridized carbons (Fsp3) is 0.211. The molecule has 0 aliphatic carbocycles. The predicted octanol–water partition coefficient (Wildman–Crippen LogP) is 2.26. The van der Waals surface area contributed by atoms with Gasteiger partial charge in [0.1, 0.15) is 17.2 Å². The molecule has 1 aliphatic rings. The van der Waals surface area contributed by atoms with Crippen molar-refractivity contribution in [3.63, 3.8) is 0 Å². The standard InChI is InChI=1S/C19H18N4O3/c1-25-16-7-8-18-17(9-16)23(19(24)13-26-18)12-15-11-22(21-20-15)10-14-5-3-2-4-6-14/h2-9,11H,10,12-13H2,1H3. The van der Waals surface area contributed by atoms with Gasteiger partial charge in [0.05, 0.1) is 32.1 Å². The maximum atomic E-state index is 12.4. The monoisotopic (exact) mass is 350 g/mol. The molecule has 0 saturated heterocycles. The number of rotatable bonds is 5. The van der Waals surface area contributed by atoms with Crippen molar-refractivity contribution in [2.24, 2.45) is 0 Å². The molecule has 0 unspecified atom stereocenters. The minimum absolute atomic E-state index is 0.0114. The lowest BCUT2D eigenvalue weighted by Gasteiger charge is -2.29. The van der Waals surface area contributed by atoms with E-state index in [1.807, 2.05) is 42.6 Å².